The molecule has 0 heterocycles. The number of rotatable bonds is 5. The summed E-state index contributed by atoms with van der Waals surface area (Å²) < 4.78 is 0. The molecule has 0 aromatic carbocycles. The van der Waals surface area contributed by atoms with E-state index in [0.717, 1.165) is 35.5 Å². The largest absolute Gasteiger partial charge is 0.0654 e. The molecule has 34 heavy (non-hydrogen) atoms. The van der Waals surface area contributed by atoms with Crippen LogP contribution in [0.3, 0.4) is 0 Å². The summed E-state index contributed by atoms with van der Waals surface area (Å²) in [5.74, 6) is 5.88. The summed E-state index contributed by atoms with van der Waals surface area (Å²) in [6.45, 7) is 21.5. The number of unbranched alkanes of at least 4 members (excludes halogenated alkanes) is 2. The molecule has 0 nitrogen and oxygen atoms in total. The van der Waals surface area contributed by atoms with E-state index >= 15 is 0 Å². The monoisotopic (exact) mass is 468 g/mol. The Labute approximate surface area is 214 Å². The van der Waals surface area contributed by atoms with Gasteiger partial charge in [-0.15, -0.1) is 0 Å². The van der Waals surface area contributed by atoms with Gasteiger partial charge in [0.05, 0.1) is 0 Å². The van der Waals surface area contributed by atoms with Crippen LogP contribution in [-0.2, 0) is 0 Å². The Morgan fingerprint density at radius 3 is 1.97 bits per heavy atom. The Balaban J connectivity index is 1.41. The average Bonchev–Trinajstić information content (AvgIpc) is 3.11. The summed E-state index contributed by atoms with van der Waals surface area (Å²) >= 11 is 0. The highest BCUT2D eigenvalue weighted by molar-refractivity contribution is 5.19. The normalized spacial score (nSPS) is 52.8. The van der Waals surface area contributed by atoms with Gasteiger partial charge in [-0.1, -0.05) is 87.5 Å². The fourth-order valence-corrected chi connectivity index (χ4v) is 12.9. The van der Waals surface area contributed by atoms with Crippen molar-refractivity contribution in [3.05, 3.63) is 0 Å². The predicted octanol–water partition coefficient (Wildman–Crippen LogP) is 10.7. The lowest BCUT2D eigenvalue weighted by Gasteiger charge is -2.73. The highest BCUT2D eigenvalue weighted by Gasteiger charge is 2.70. The second kappa shape index (κ2) is 8.51. The molecule has 0 bridgehead atoms. The second-order valence-corrected chi connectivity index (χ2v) is 16.3. The first kappa shape index (κ1) is 25.6. The first-order valence-corrected chi connectivity index (χ1v) is 15.9. The van der Waals surface area contributed by atoms with Gasteiger partial charge in [0.2, 0.25) is 0 Å². The van der Waals surface area contributed by atoms with E-state index in [0.29, 0.717) is 27.1 Å². The van der Waals surface area contributed by atoms with Crippen LogP contribution < -0.4 is 0 Å². The van der Waals surface area contributed by atoms with E-state index in [1.807, 2.05) is 0 Å². The standard InChI is InChI=1S/C34H60/c1-9-10-11-13-24(2)25-16-21-31(5)26(25)17-22-33(7)28(31)14-15-29-32(6)20-12-19-30(3,4)27(32)18-23-34(29,33)8/h24-29H,9-23H2,1-8H3/t24-,25-,26+,27-,28+,29+,31-,32-,33+,34+/m0/s1. The van der Waals surface area contributed by atoms with Crippen molar-refractivity contribution >= 4 is 0 Å². The van der Waals surface area contributed by atoms with Crippen molar-refractivity contribution in [2.24, 2.45) is 62.6 Å². The van der Waals surface area contributed by atoms with Gasteiger partial charge < -0.3 is 0 Å². The quantitative estimate of drug-likeness (QED) is 0.352. The van der Waals surface area contributed by atoms with E-state index in [1.54, 1.807) is 19.3 Å². The van der Waals surface area contributed by atoms with Crippen molar-refractivity contribution in [1.82, 2.24) is 0 Å². The van der Waals surface area contributed by atoms with Crippen LogP contribution in [0, 0.1) is 62.6 Å². The zero-order valence-electron chi connectivity index (χ0n) is 24.6. The molecule has 0 aromatic rings. The summed E-state index contributed by atoms with van der Waals surface area (Å²) in [7, 11) is 0. The molecule has 0 spiro atoms. The molecule has 5 aliphatic rings. The zero-order valence-corrected chi connectivity index (χ0v) is 24.6. The second-order valence-electron chi connectivity index (χ2n) is 16.3. The van der Waals surface area contributed by atoms with Crippen LogP contribution in [0.5, 0.6) is 0 Å². The lowest BCUT2D eigenvalue weighted by atomic mass is 9.32. The number of hydrogen-bond acceptors (Lipinski definition) is 0. The smallest absolute Gasteiger partial charge is 0.0235 e. The molecule has 5 fully saturated rings. The minimum absolute atomic E-state index is 0.558. The van der Waals surface area contributed by atoms with Gasteiger partial charge in [0, 0.05) is 0 Å². The molecule has 0 unspecified atom stereocenters. The van der Waals surface area contributed by atoms with Crippen LogP contribution in [-0.4, -0.2) is 0 Å². The summed E-state index contributed by atoms with van der Waals surface area (Å²) in [6, 6.07) is 0. The first-order chi connectivity index (χ1) is 15.9. The maximum Gasteiger partial charge on any atom is -0.0235 e. The van der Waals surface area contributed by atoms with E-state index in [9.17, 15) is 0 Å². The Bertz CT molecular complexity index is 749. The molecule has 0 N–H and O–H groups in total. The average molecular weight is 469 g/mol. The van der Waals surface area contributed by atoms with Crippen LogP contribution in [0.2, 0.25) is 0 Å². The van der Waals surface area contributed by atoms with Crippen LogP contribution in [0.15, 0.2) is 0 Å². The molecule has 10 atom stereocenters. The molecule has 5 rings (SSSR count). The van der Waals surface area contributed by atoms with Gasteiger partial charge in [-0.05, 0) is 127 Å². The molecule has 0 aromatic heterocycles. The van der Waals surface area contributed by atoms with E-state index in [4.69, 9.17) is 0 Å². The van der Waals surface area contributed by atoms with Gasteiger partial charge in [0.25, 0.3) is 0 Å². The molecule has 5 saturated carbocycles. The number of hydrogen-bond donors (Lipinski definition) is 0. The minimum Gasteiger partial charge on any atom is -0.0654 e. The van der Waals surface area contributed by atoms with Crippen molar-refractivity contribution in [2.75, 3.05) is 0 Å². The van der Waals surface area contributed by atoms with Gasteiger partial charge in [0.15, 0.2) is 0 Å². The van der Waals surface area contributed by atoms with Gasteiger partial charge in [0.1, 0.15) is 0 Å². The third-order valence-electron chi connectivity index (χ3n) is 14.8. The third-order valence-corrected chi connectivity index (χ3v) is 14.8. The van der Waals surface area contributed by atoms with E-state index < -0.39 is 0 Å². The lowest BCUT2D eigenvalue weighted by Crippen LogP contribution is -2.65. The minimum atomic E-state index is 0.558. The molecule has 0 amide bonds. The van der Waals surface area contributed by atoms with Crippen molar-refractivity contribution in [3.63, 3.8) is 0 Å². The molecule has 196 valence electrons. The molecule has 0 saturated heterocycles. The van der Waals surface area contributed by atoms with Gasteiger partial charge >= 0.3 is 0 Å². The van der Waals surface area contributed by atoms with E-state index in [2.05, 4.69) is 55.4 Å². The Morgan fingerprint density at radius 2 is 1.29 bits per heavy atom. The van der Waals surface area contributed by atoms with Crippen molar-refractivity contribution < 1.29 is 0 Å². The van der Waals surface area contributed by atoms with Gasteiger partial charge in [-0.2, -0.15) is 0 Å². The summed E-state index contributed by atoms with van der Waals surface area (Å²) in [5, 5.41) is 0. The topological polar surface area (TPSA) is 0 Å². The fourth-order valence-electron chi connectivity index (χ4n) is 12.9. The maximum absolute atomic E-state index is 2.83. The molecular weight excluding hydrogens is 408 g/mol. The summed E-state index contributed by atoms with van der Waals surface area (Å²) in [5.41, 5.74) is 2.90. The number of fused-ring (bicyclic) bond motifs is 7. The molecule has 0 aliphatic heterocycles. The molecular formula is C34H60. The lowest BCUT2D eigenvalue weighted by molar-refractivity contribution is -0.241. The Morgan fingerprint density at radius 1 is 0.647 bits per heavy atom. The van der Waals surface area contributed by atoms with Crippen LogP contribution in [0.1, 0.15) is 152 Å². The fraction of sp³-hybridized carbons (Fsp3) is 1.00. The van der Waals surface area contributed by atoms with Crippen LogP contribution in [0.25, 0.3) is 0 Å². The first-order valence-electron chi connectivity index (χ1n) is 15.9. The Hall–Kier alpha value is 0. The van der Waals surface area contributed by atoms with Crippen molar-refractivity contribution in [1.29, 1.82) is 0 Å². The van der Waals surface area contributed by atoms with E-state index in [1.165, 1.54) is 77.0 Å². The van der Waals surface area contributed by atoms with Crippen molar-refractivity contribution in [3.8, 4) is 0 Å². The third kappa shape index (κ3) is 3.41. The summed E-state index contributed by atoms with van der Waals surface area (Å²) in [6.07, 6.45) is 22.5. The summed E-state index contributed by atoms with van der Waals surface area (Å²) in [4.78, 5) is 0. The Kier molecular flexibility index (Phi) is 6.42. The van der Waals surface area contributed by atoms with Crippen LogP contribution in [0.4, 0.5) is 0 Å². The van der Waals surface area contributed by atoms with Crippen LogP contribution >= 0.6 is 0 Å². The molecule has 5 aliphatic carbocycles. The predicted molar refractivity (Wildman–Crippen MR) is 148 cm³/mol. The highest BCUT2D eigenvalue weighted by atomic mass is 14.7. The SMILES string of the molecule is CCCCC[C@H](C)[C@@H]1CC[C@@]2(C)[C@@H]1CC[C@]1(C)[C@@H]2CC[C@@H]2[C@@]3(C)CCCC(C)(C)[C@@H]3CC[C@]21C. The molecule has 0 heteroatoms. The van der Waals surface area contributed by atoms with E-state index in [-0.39, 0.29) is 0 Å². The molecule has 0 radical (unpaired) electrons. The van der Waals surface area contributed by atoms with Gasteiger partial charge in [-0.25, -0.2) is 0 Å². The maximum atomic E-state index is 2.83. The van der Waals surface area contributed by atoms with Gasteiger partial charge in [-0.3, -0.25) is 0 Å². The highest BCUT2D eigenvalue weighted by Crippen LogP contribution is 2.78. The van der Waals surface area contributed by atoms with Crippen molar-refractivity contribution in [2.45, 2.75) is 152 Å². The zero-order chi connectivity index (χ0) is 24.6.